The van der Waals surface area contributed by atoms with Gasteiger partial charge in [0.1, 0.15) is 5.75 Å². The number of hydrogen-bond donors (Lipinski definition) is 0. The molecule has 20 heavy (non-hydrogen) atoms. The van der Waals surface area contributed by atoms with E-state index in [4.69, 9.17) is 9.47 Å². The highest BCUT2D eigenvalue weighted by atomic mass is 16.5. The standard InChI is InChI=1S/C15H19NO4/c1-10-8-16(9-11(2)19-10)15(18)13-6-4-5-7-14(13)20-12(3)17/h4-7,10-11H,8-9H2,1-3H3. The second kappa shape index (κ2) is 6.05. The highest BCUT2D eigenvalue weighted by molar-refractivity contribution is 5.97. The van der Waals surface area contributed by atoms with Gasteiger partial charge < -0.3 is 14.4 Å². The van der Waals surface area contributed by atoms with Crippen molar-refractivity contribution in [1.29, 1.82) is 0 Å². The summed E-state index contributed by atoms with van der Waals surface area (Å²) in [5.41, 5.74) is 0.406. The molecule has 5 heteroatoms. The van der Waals surface area contributed by atoms with Crippen LogP contribution >= 0.6 is 0 Å². The summed E-state index contributed by atoms with van der Waals surface area (Å²) < 4.78 is 10.7. The summed E-state index contributed by atoms with van der Waals surface area (Å²) in [7, 11) is 0. The fourth-order valence-electron chi connectivity index (χ4n) is 2.40. The van der Waals surface area contributed by atoms with Crippen LogP contribution in [0.1, 0.15) is 31.1 Å². The quantitative estimate of drug-likeness (QED) is 0.611. The Morgan fingerprint density at radius 2 is 1.80 bits per heavy atom. The van der Waals surface area contributed by atoms with Crippen LogP contribution in [0.4, 0.5) is 0 Å². The van der Waals surface area contributed by atoms with E-state index in [1.807, 2.05) is 13.8 Å². The lowest BCUT2D eigenvalue weighted by molar-refractivity contribution is -0.131. The average molecular weight is 277 g/mol. The van der Waals surface area contributed by atoms with E-state index < -0.39 is 5.97 Å². The molecule has 0 aromatic heterocycles. The SMILES string of the molecule is CC(=O)Oc1ccccc1C(=O)N1CC(C)OC(C)C1. The Labute approximate surface area is 118 Å². The molecule has 1 heterocycles. The van der Waals surface area contributed by atoms with E-state index in [2.05, 4.69) is 0 Å². The Morgan fingerprint density at radius 1 is 1.20 bits per heavy atom. The van der Waals surface area contributed by atoms with E-state index in [1.54, 1.807) is 29.2 Å². The molecule has 1 amide bonds. The Balaban J connectivity index is 2.22. The smallest absolute Gasteiger partial charge is 0.308 e. The minimum Gasteiger partial charge on any atom is -0.426 e. The van der Waals surface area contributed by atoms with Gasteiger partial charge in [-0.15, -0.1) is 0 Å². The Kier molecular flexibility index (Phi) is 4.39. The summed E-state index contributed by atoms with van der Waals surface area (Å²) in [6.07, 6.45) is 0.00664. The fourth-order valence-corrected chi connectivity index (χ4v) is 2.40. The number of carbonyl (C=O) groups excluding carboxylic acids is 2. The molecule has 1 aliphatic heterocycles. The van der Waals surface area contributed by atoms with E-state index >= 15 is 0 Å². The zero-order chi connectivity index (χ0) is 14.7. The molecule has 2 rings (SSSR count). The predicted molar refractivity (Wildman–Crippen MR) is 73.7 cm³/mol. The van der Waals surface area contributed by atoms with Crippen LogP contribution in [0.3, 0.4) is 0 Å². The van der Waals surface area contributed by atoms with Crippen LogP contribution in [0, 0.1) is 0 Å². The number of rotatable bonds is 2. The fraction of sp³-hybridized carbons (Fsp3) is 0.467. The average Bonchev–Trinajstić information content (AvgIpc) is 2.36. The summed E-state index contributed by atoms with van der Waals surface area (Å²) in [6.45, 7) is 6.27. The summed E-state index contributed by atoms with van der Waals surface area (Å²) in [4.78, 5) is 25.4. The molecule has 0 saturated carbocycles. The molecule has 0 bridgehead atoms. The first-order chi connectivity index (χ1) is 9.47. The molecule has 1 fully saturated rings. The first-order valence-electron chi connectivity index (χ1n) is 6.69. The molecular formula is C15H19NO4. The monoisotopic (exact) mass is 277 g/mol. The molecule has 2 atom stereocenters. The van der Waals surface area contributed by atoms with E-state index in [1.165, 1.54) is 6.92 Å². The van der Waals surface area contributed by atoms with Crippen molar-refractivity contribution >= 4 is 11.9 Å². The highest BCUT2D eigenvalue weighted by Gasteiger charge is 2.28. The van der Waals surface area contributed by atoms with Crippen molar-refractivity contribution in [3.05, 3.63) is 29.8 Å². The molecule has 0 N–H and O–H groups in total. The molecule has 108 valence electrons. The minimum absolute atomic E-state index is 0.00332. The lowest BCUT2D eigenvalue weighted by Crippen LogP contribution is -2.48. The third kappa shape index (κ3) is 3.36. The van der Waals surface area contributed by atoms with Crippen LogP contribution in [0.5, 0.6) is 5.75 Å². The first kappa shape index (κ1) is 14.5. The van der Waals surface area contributed by atoms with Crippen LogP contribution in [0.2, 0.25) is 0 Å². The van der Waals surface area contributed by atoms with Gasteiger partial charge in [0, 0.05) is 20.0 Å². The molecular weight excluding hydrogens is 258 g/mol. The molecule has 1 saturated heterocycles. The summed E-state index contributed by atoms with van der Waals surface area (Å²) >= 11 is 0. The predicted octanol–water partition coefficient (Wildman–Crippen LogP) is 1.86. The van der Waals surface area contributed by atoms with Gasteiger partial charge in [0.05, 0.1) is 17.8 Å². The third-order valence-electron chi connectivity index (χ3n) is 3.08. The summed E-state index contributed by atoms with van der Waals surface area (Å²) in [5, 5.41) is 0. The van der Waals surface area contributed by atoms with Crippen molar-refractivity contribution < 1.29 is 19.1 Å². The molecule has 0 radical (unpaired) electrons. The van der Waals surface area contributed by atoms with Crippen LogP contribution in [-0.4, -0.2) is 42.1 Å². The van der Waals surface area contributed by atoms with Gasteiger partial charge >= 0.3 is 5.97 Å². The van der Waals surface area contributed by atoms with Crippen molar-refractivity contribution in [3.8, 4) is 5.75 Å². The Hall–Kier alpha value is -1.88. The van der Waals surface area contributed by atoms with Gasteiger partial charge in [0.25, 0.3) is 5.91 Å². The maximum atomic E-state index is 12.6. The van der Waals surface area contributed by atoms with Crippen LogP contribution < -0.4 is 4.74 Å². The Bertz CT molecular complexity index is 504. The maximum absolute atomic E-state index is 12.6. The lowest BCUT2D eigenvalue weighted by Gasteiger charge is -2.35. The zero-order valence-corrected chi connectivity index (χ0v) is 12.0. The van der Waals surface area contributed by atoms with E-state index in [0.29, 0.717) is 24.4 Å². The van der Waals surface area contributed by atoms with E-state index in [0.717, 1.165) is 0 Å². The van der Waals surface area contributed by atoms with Crippen LogP contribution in [0.15, 0.2) is 24.3 Å². The van der Waals surface area contributed by atoms with Gasteiger partial charge in [-0.25, -0.2) is 0 Å². The van der Waals surface area contributed by atoms with Crippen molar-refractivity contribution in [1.82, 2.24) is 4.90 Å². The number of nitrogens with zero attached hydrogens (tertiary/aromatic N) is 1. The van der Waals surface area contributed by atoms with Gasteiger partial charge in [0.15, 0.2) is 0 Å². The van der Waals surface area contributed by atoms with Crippen LogP contribution in [0.25, 0.3) is 0 Å². The lowest BCUT2D eigenvalue weighted by atomic mass is 10.1. The molecule has 1 aromatic carbocycles. The van der Waals surface area contributed by atoms with Gasteiger partial charge in [0.2, 0.25) is 0 Å². The van der Waals surface area contributed by atoms with Gasteiger partial charge in [-0.3, -0.25) is 9.59 Å². The molecule has 0 aliphatic carbocycles. The zero-order valence-electron chi connectivity index (χ0n) is 12.0. The normalized spacial score (nSPS) is 22.4. The Morgan fingerprint density at radius 3 is 2.40 bits per heavy atom. The number of benzene rings is 1. The molecule has 5 nitrogen and oxygen atoms in total. The van der Waals surface area contributed by atoms with Gasteiger partial charge in [-0.05, 0) is 26.0 Å². The second-order valence-electron chi connectivity index (χ2n) is 5.06. The molecule has 0 spiro atoms. The second-order valence-corrected chi connectivity index (χ2v) is 5.06. The summed E-state index contributed by atoms with van der Waals surface area (Å²) in [5.74, 6) is -0.269. The van der Waals surface area contributed by atoms with Gasteiger partial charge in [-0.2, -0.15) is 0 Å². The minimum atomic E-state index is -0.436. The van der Waals surface area contributed by atoms with Crippen molar-refractivity contribution in [3.63, 3.8) is 0 Å². The largest absolute Gasteiger partial charge is 0.426 e. The number of carbonyl (C=O) groups is 2. The topological polar surface area (TPSA) is 55.8 Å². The number of para-hydroxylation sites is 1. The molecule has 1 aromatic rings. The van der Waals surface area contributed by atoms with Gasteiger partial charge in [-0.1, -0.05) is 12.1 Å². The van der Waals surface area contributed by atoms with E-state index in [9.17, 15) is 9.59 Å². The first-order valence-corrected chi connectivity index (χ1v) is 6.69. The third-order valence-corrected chi connectivity index (χ3v) is 3.08. The van der Waals surface area contributed by atoms with Crippen molar-refractivity contribution in [2.75, 3.05) is 13.1 Å². The summed E-state index contributed by atoms with van der Waals surface area (Å²) in [6, 6.07) is 6.79. The maximum Gasteiger partial charge on any atom is 0.308 e. The van der Waals surface area contributed by atoms with Crippen molar-refractivity contribution in [2.45, 2.75) is 33.0 Å². The number of ether oxygens (including phenoxy) is 2. The van der Waals surface area contributed by atoms with Crippen LogP contribution in [-0.2, 0) is 9.53 Å². The number of hydrogen-bond acceptors (Lipinski definition) is 4. The number of amides is 1. The van der Waals surface area contributed by atoms with Crippen molar-refractivity contribution in [2.24, 2.45) is 0 Å². The number of morpholine rings is 1. The molecule has 1 aliphatic rings. The number of esters is 1. The molecule has 2 unspecified atom stereocenters. The highest BCUT2D eigenvalue weighted by Crippen LogP contribution is 2.22. The van der Waals surface area contributed by atoms with E-state index in [-0.39, 0.29) is 18.1 Å².